The molecular formula is C13H17FN2O2S. The minimum absolute atomic E-state index is 0.162. The van der Waals surface area contributed by atoms with Crippen LogP contribution in [0.25, 0.3) is 0 Å². The largest absolute Gasteiger partial charge is 0.345 e. The lowest BCUT2D eigenvalue weighted by molar-refractivity contribution is -0.117. The first-order valence-electron chi connectivity index (χ1n) is 6.00. The first-order chi connectivity index (χ1) is 9.21. The van der Waals surface area contributed by atoms with Gasteiger partial charge >= 0.3 is 0 Å². The molecule has 0 radical (unpaired) electrons. The van der Waals surface area contributed by atoms with Crippen molar-refractivity contribution in [3.05, 3.63) is 23.8 Å². The van der Waals surface area contributed by atoms with Gasteiger partial charge in [0.2, 0.25) is 12.8 Å². The number of benzene rings is 1. The second kappa shape index (κ2) is 8.53. The summed E-state index contributed by atoms with van der Waals surface area (Å²) in [4.78, 5) is 22.3. The molecule has 1 aliphatic heterocycles. The minimum Gasteiger partial charge on any atom is -0.345 e. The van der Waals surface area contributed by atoms with E-state index in [1.165, 1.54) is 12.8 Å². The Bertz CT molecular complexity index is 423. The normalized spacial score (nSPS) is 13.5. The van der Waals surface area contributed by atoms with Crippen molar-refractivity contribution < 1.29 is 13.5 Å². The van der Waals surface area contributed by atoms with E-state index in [4.69, 9.17) is 0 Å². The maximum atomic E-state index is 12.1. The van der Waals surface area contributed by atoms with Crippen LogP contribution in [-0.2, 0) is 9.59 Å². The molecule has 0 spiro atoms. The lowest BCUT2D eigenvalue weighted by Crippen LogP contribution is -2.15. The number of likely N-dealkylation sites (tertiary alicyclic amines) is 1. The van der Waals surface area contributed by atoms with Gasteiger partial charge in [-0.25, -0.2) is 0 Å². The number of hydrogen-bond acceptors (Lipinski definition) is 3. The Morgan fingerprint density at radius 2 is 2.00 bits per heavy atom. The van der Waals surface area contributed by atoms with Gasteiger partial charge in [0.05, 0.1) is 12.1 Å². The lowest BCUT2D eigenvalue weighted by atomic mass is 10.2. The molecule has 1 heterocycles. The first kappa shape index (κ1) is 15.5. The van der Waals surface area contributed by atoms with Crippen molar-refractivity contribution in [3.63, 3.8) is 0 Å². The average Bonchev–Trinajstić information content (AvgIpc) is 2.95. The number of anilines is 1. The molecule has 0 aliphatic carbocycles. The van der Waals surface area contributed by atoms with E-state index in [1.807, 2.05) is 6.92 Å². The van der Waals surface area contributed by atoms with E-state index in [1.54, 1.807) is 23.1 Å². The zero-order valence-corrected chi connectivity index (χ0v) is 11.6. The number of aryl methyl sites for hydroxylation is 1. The highest BCUT2D eigenvalue weighted by Gasteiger charge is 2.06. The second-order valence-electron chi connectivity index (χ2n) is 4.16. The van der Waals surface area contributed by atoms with Crippen LogP contribution < -0.4 is 5.32 Å². The topological polar surface area (TPSA) is 49.4 Å². The van der Waals surface area contributed by atoms with Gasteiger partial charge in [-0.1, -0.05) is 6.07 Å². The molecule has 1 fully saturated rings. The van der Waals surface area contributed by atoms with Crippen LogP contribution in [-0.4, -0.2) is 30.8 Å². The van der Waals surface area contributed by atoms with Gasteiger partial charge in [-0.2, -0.15) is 3.89 Å². The Morgan fingerprint density at radius 1 is 1.32 bits per heavy atom. The monoisotopic (exact) mass is 284 g/mol. The third-order valence-corrected chi connectivity index (χ3v) is 3.23. The van der Waals surface area contributed by atoms with Crippen LogP contribution in [0.1, 0.15) is 18.4 Å². The van der Waals surface area contributed by atoms with Crippen molar-refractivity contribution in [3.8, 4) is 0 Å². The van der Waals surface area contributed by atoms with Crippen LogP contribution in [0.2, 0.25) is 0 Å². The molecule has 0 atom stereocenters. The number of halogens is 1. The van der Waals surface area contributed by atoms with Gasteiger partial charge in [0.25, 0.3) is 0 Å². The van der Waals surface area contributed by atoms with Crippen LogP contribution in [0.3, 0.4) is 0 Å². The molecular weight excluding hydrogens is 267 g/mol. The summed E-state index contributed by atoms with van der Waals surface area (Å²) in [6.07, 6.45) is 3.89. The number of hydrogen-bond donors (Lipinski definition) is 1. The molecule has 6 heteroatoms. The minimum atomic E-state index is 0.162. The van der Waals surface area contributed by atoms with Gasteiger partial charge < -0.3 is 10.2 Å². The quantitative estimate of drug-likeness (QED) is 0.865. The smallest absolute Gasteiger partial charge is 0.211 e. The highest BCUT2D eigenvalue weighted by molar-refractivity contribution is 7.94. The molecule has 4 nitrogen and oxygen atoms in total. The van der Waals surface area contributed by atoms with E-state index in [-0.39, 0.29) is 12.1 Å². The second-order valence-corrected chi connectivity index (χ2v) is 4.79. The molecule has 2 amide bonds. The van der Waals surface area contributed by atoms with Gasteiger partial charge in [0.15, 0.2) is 0 Å². The predicted molar refractivity (Wildman–Crippen MR) is 74.7 cm³/mol. The molecule has 1 saturated heterocycles. The van der Waals surface area contributed by atoms with Crippen molar-refractivity contribution in [2.45, 2.75) is 24.7 Å². The fraction of sp³-hybridized carbons (Fsp3) is 0.385. The standard InChI is InChI=1S/C8H8FNOS.C5H9NO/c1-6-2-3-7(12-9)4-8(6)10-5-11;7-5-6-3-1-2-4-6/h2-5H,1H3,(H,10,11);5H,1-4H2. The maximum Gasteiger partial charge on any atom is 0.211 e. The fourth-order valence-electron chi connectivity index (χ4n) is 1.72. The van der Waals surface area contributed by atoms with E-state index < -0.39 is 0 Å². The van der Waals surface area contributed by atoms with Gasteiger partial charge in [-0.15, -0.1) is 0 Å². The van der Waals surface area contributed by atoms with Crippen LogP contribution in [0.15, 0.2) is 23.1 Å². The van der Waals surface area contributed by atoms with Gasteiger partial charge in [0.1, 0.15) is 0 Å². The van der Waals surface area contributed by atoms with E-state index >= 15 is 0 Å². The molecule has 1 aromatic carbocycles. The number of rotatable bonds is 4. The third-order valence-electron chi connectivity index (χ3n) is 2.80. The Hall–Kier alpha value is -1.56. The SMILES string of the molecule is Cc1ccc(SF)cc1NC=O.O=CN1CCCC1. The molecule has 19 heavy (non-hydrogen) atoms. The summed E-state index contributed by atoms with van der Waals surface area (Å²) < 4.78 is 12.1. The van der Waals surface area contributed by atoms with E-state index in [0.717, 1.165) is 25.1 Å². The molecule has 104 valence electrons. The van der Waals surface area contributed by atoms with Gasteiger partial charge in [-0.05, 0) is 37.5 Å². The van der Waals surface area contributed by atoms with Crippen molar-refractivity contribution in [1.29, 1.82) is 0 Å². The summed E-state index contributed by atoms with van der Waals surface area (Å²) >= 11 is 0.162. The summed E-state index contributed by atoms with van der Waals surface area (Å²) in [5.41, 5.74) is 1.56. The lowest BCUT2D eigenvalue weighted by Gasteiger charge is -2.03. The molecule has 1 aromatic rings. The van der Waals surface area contributed by atoms with E-state index in [9.17, 15) is 13.5 Å². The zero-order chi connectivity index (χ0) is 14.1. The van der Waals surface area contributed by atoms with Crippen molar-refractivity contribution >= 4 is 30.7 Å². The molecule has 2 rings (SSSR count). The number of carbonyl (C=O) groups excluding carboxylic acids is 2. The van der Waals surface area contributed by atoms with Crippen LogP contribution in [0.5, 0.6) is 0 Å². The highest BCUT2D eigenvalue weighted by atomic mass is 32.2. The average molecular weight is 284 g/mol. The van der Waals surface area contributed by atoms with Gasteiger partial charge in [-0.3, -0.25) is 9.59 Å². The Labute approximate surface area is 116 Å². The van der Waals surface area contributed by atoms with E-state index in [2.05, 4.69) is 5.32 Å². The molecule has 0 bridgehead atoms. The Kier molecular flexibility index (Phi) is 6.95. The van der Waals surface area contributed by atoms with Crippen LogP contribution >= 0.6 is 12.1 Å². The maximum absolute atomic E-state index is 12.1. The molecule has 0 aromatic heterocycles. The molecule has 0 saturated carbocycles. The van der Waals surface area contributed by atoms with Crippen LogP contribution in [0.4, 0.5) is 9.57 Å². The van der Waals surface area contributed by atoms with Gasteiger partial charge in [0, 0.05) is 23.7 Å². The summed E-state index contributed by atoms with van der Waals surface area (Å²) in [6.45, 7) is 3.80. The fourth-order valence-corrected chi connectivity index (χ4v) is 2.00. The number of carbonyl (C=O) groups is 2. The van der Waals surface area contributed by atoms with Crippen molar-refractivity contribution in [2.75, 3.05) is 18.4 Å². The number of amides is 2. The highest BCUT2D eigenvalue weighted by Crippen LogP contribution is 2.24. The summed E-state index contributed by atoms with van der Waals surface area (Å²) in [7, 11) is 0. The van der Waals surface area contributed by atoms with Crippen molar-refractivity contribution in [1.82, 2.24) is 4.90 Å². The molecule has 0 unspecified atom stereocenters. The number of nitrogens with one attached hydrogen (secondary N) is 1. The summed E-state index contributed by atoms with van der Waals surface area (Å²) in [5, 5.41) is 2.49. The Morgan fingerprint density at radius 3 is 2.47 bits per heavy atom. The molecule has 1 N–H and O–H groups in total. The summed E-state index contributed by atoms with van der Waals surface area (Å²) in [6, 6.07) is 5.01. The van der Waals surface area contributed by atoms with Crippen LogP contribution in [0, 0.1) is 6.92 Å². The molecule has 1 aliphatic rings. The zero-order valence-electron chi connectivity index (χ0n) is 10.8. The summed E-state index contributed by atoms with van der Waals surface area (Å²) in [5.74, 6) is 0. The van der Waals surface area contributed by atoms with E-state index in [0.29, 0.717) is 17.0 Å². The van der Waals surface area contributed by atoms with Crippen molar-refractivity contribution in [2.24, 2.45) is 0 Å². The number of nitrogens with zero attached hydrogens (tertiary/aromatic N) is 1. The Balaban J connectivity index is 0.000000218. The third kappa shape index (κ3) is 5.30. The first-order valence-corrected chi connectivity index (χ1v) is 6.71. The predicted octanol–water partition coefficient (Wildman–Crippen LogP) is 2.78.